The summed E-state index contributed by atoms with van der Waals surface area (Å²) < 4.78 is 5.15. The molecule has 5 heteroatoms. The van der Waals surface area contributed by atoms with Gasteiger partial charge in [0.25, 0.3) is 0 Å². The topological polar surface area (TPSA) is 67.4 Å². The van der Waals surface area contributed by atoms with Gasteiger partial charge >= 0.3 is 0 Å². The number of methoxy groups -OCH3 is 1. The molecular weight excluding hydrogens is 172 g/mol. The summed E-state index contributed by atoms with van der Waals surface area (Å²) in [5.74, 6) is -0.628. The first-order valence-electron chi connectivity index (χ1n) is 4.09. The molecule has 74 valence electrons. The number of nitrogens with one attached hydrogen (secondary N) is 2. The minimum atomic E-state index is -0.606. The van der Waals surface area contributed by atoms with Crippen LogP contribution >= 0.6 is 0 Å². The Labute approximate surface area is 76.8 Å². The van der Waals surface area contributed by atoms with Crippen molar-refractivity contribution in [3.05, 3.63) is 0 Å². The van der Waals surface area contributed by atoms with Gasteiger partial charge in [-0.1, -0.05) is 0 Å². The van der Waals surface area contributed by atoms with Crippen molar-refractivity contribution in [3.8, 4) is 0 Å². The monoisotopic (exact) mass is 186 g/mol. The van der Waals surface area contributed by atoms with E-state index in [9.17, 15) is 9.59 Å². The average molecular weight is 186 g/mol. The molecule has 5 nitrogen and oxygen atoms in total. The molecule has 0 aromatic rings. The molecule has 1 atom stereocenters. The fourth-order valence-corrected chi connectivity index (χ4v) is 1.22. The van der Waals surface area contributed by atoms with Crippen molar-refractivity contribution in [2.24, 2.45) is 0 Å². The zero-order chi connectivity index (χ0) is 10.1. The number of amides is 2. The van der Waals surface area contributed by atoms with Crippen molar-refractivity contribution >= 4 is 11.8 Å². The molecule has 0 aromatic heterocycles. The van der Waals surface area contributed by atoms with E-state index in [1.807, 2.05) is 0 Å². The number of piperazine rings is 1. The molecule has 1 aliphatic heterocycles. The van der Waals surface area contributed by atoms with E-state index in [0.717, 1.165) is 0 Å². The second-order valence-corrected chi connectivity index (χ2v) is 3.53. The molecule has 0 spiro atoms. The van der Waals surface area contributed by atoms with E-state index < -0.39 is 11.6 Å². The number of hydrogen-bond donors (Lipinski definition) is 2. The summed E-state index contributed by atoms with van der Waals surface area (Å²) in [5, 5.41) is 5.07. The van der Waals surface area contributed by atoms with Gasteiger partial charge in [0.1, 0.15) is 6.04 Å². The summed E-state index contributed by atoms with van der Waals surface area (Å²) in [6.45, 7) is 3.74. The highest BCUT2D eigenvalue weighted by Gasteiger charge is 2.38. The first-order chi connectivity index (χ1) is 5.97. The van der Waals surface area contributed by atoms with Crippen LogP contribution in [0.4, 0.5) is 0 Å². The predicted octanol–water partition coefficient (Wildman–Crippen LogP) is -0.974. The average Bonchev–Trinajstić information content (AvgIpc) is 2.03. The van der Waals surface area contributed by atoms with Crippen LogP contribution in [-0.2, 0) is 14.3 Å². The molecule has 13 heavy (non-hydrogen) atoms. The van der Waals surface area contributed by atoms with Crippen LogP contribution in [0.15, 0.2) is 0 Å². The first-order valence-corrected chi connectivity index (χ1v) is 4.09. The molecule has 0 aliphatic carbocycles. The molecular formula is C8H14N2O3. The Bertz CT molecular complexity index is 238. The van der Waals surface area contributed by atoms with Crippen molar-refractivity contribution < 1.29 is 14.3 Å². The van der Waals surface area contributed by atoms with Crippen molar-refractivity contribution in [3.63, 3.8) is 0 Å². The van der Waals surface area contributed by atoms with Gasteiger partial charge in [-0.2, -0.15) is 0 Å². The largest absolute Gasteiger partial charge is 0.377 e. The molecule has 1 aliphatic rings. The predicted molar refractivity (Wildman–Crippen MR) is 46.0 cm³/mol. The van der Waals surface area contributed by atoms with Gasteiger partial charge in [-0.05, 0) is 13.8 Å². The number of carbonyl (C=O) groups excluding carboxylic acids is 2. The quantitative estimate of drug-likeness (QED) is 0.544. The van der Waals surface area contributed by atoms with E-state index in [-0.39, 0.29) is 18.4 Å². The zero-order valence-corrected chi connectivity index (χ0v) is 8.01. The molecule has 0 saturated carbocycles. The summed E-state index contributed by atoms with van der Waals surface area (Å²) in [6, 6.07) is -0.477. The van der Waals surface area contributed by atoms with Crippen LogP contribution < -0.4 is 10.6 Å². The van der Waals surface area contributed by atoms with E-state index in [0.29, 0.717) is 0 Å². The third kappa shape index (κ3) is 2.05. The minimum Gasteiger partial charge on any atom is -0.377 e. The maximum atomic E-state index is 11.3. The molecule has 2 N–H and O–H groups in total. The third-order valence-corrected chi connectivity index (χ3v) is 2.21. The summed E-state index contributed by atoms with van der Waals surface area (Å²) in [6.07, 6.45) is 0. The fourth-order valence-electron chi connectivity index (χ4n) is 1.22. The number of imide groups is 1. The molecule has 0 radical (unpaired) electrons. The maximum Gasteiger partial charge on any atom is 0.246 e. The molecule has 1 fully saturated rings. The highest BCUT2D eigenvalue weighted by molar-refractivity contribution is 6.01. The van der Waals surface area contributed by atoms with Gasteiger partial charge in [-0.3, -0.25) is 20.2 Å². The van der Waals surface area contributed by atoms with Gasteiger partial charge in [0.2, 0.25) is 11.8 Å². The van der Waals surface area contributed by atoms with Crippen molar-refractivity contribution in [2.75, 3.05) is 13.7 Å². The fraction of sp³-hybridized carbons (Fsp3) is 0.750. The number of carbonyl (C=O) groups is 2. The lowest BCUT2D eigenvalue weighted by molar-refractivity contribution is -0.140. The summed E-state index contributed by atoms with van der Waals surface area (Å²) in [5.41, 5.74) is -0.606. The van der Waals surface area contributed by atoms with Crippen molar-refractivity contribution in [1.82, 2.24) is 10.6 Å². The Morgan fingerprint density at radius 3 is 2.54 bits per heavy atom. The minimum absolute atomic E-state index is 0.156. The van der Waals surface area contributed by atoms with Gasteiger partial charge in [0.15, 0.2) is 0 Å². The zero-order valence-electron chi connectivity index (χ0n) is 8.01. The highest BCUT2D eigenvalue weighted by atomic mass is 16.5. The highest BCUT2D eigenvalue weighted by Crippen LogP contribution is 2.14. The van der Waals surface area contributed by atoms with E-state index >= 15 is 0 Å². The summed E-state index contributed by atoms with van der Waals surface area (Å²) >= 11 is 0. The SMILES string of the molecule is COC(C)(C)C1NCC(=O)NC1=O. The van der Waals surface area contributed by atoms with Crippen LogP contribution in [0.1, 0.15) is 13.8 Å². The van der Waals surface area contributed by atoms with Crippen LogP contribution in [0.25, 0.3) is 0 Å². The number of rotatable bonds is 2. The molecule has 1 heterocycles. The lowest BCUT2D eigenvalue weighted by atomic mass is 9.96. The summed E-state index contributed by atoms with van der Waals surface area (Å²) in [4.78, 5) is 22.1. The molecule has 1 rings (SSSR count). The Morgan fingerprint density at radius 2 is 2.08 bits per heavy atom. The molecule has 0 aromatic carbocycles. The normalized spacial score (nSPS) is 24.4. The van der Waals surface area contributed by atoms with E-state index in [1.165, 1.54) is 7.11 Å². The van der Waals surface area contributed by atoms with E-state index in [2.05, 4.69) is 10.6 Å². The maximum absolute atomic E-state index is 11.3. The van der Waals surface area contributed by atoms with E-state index in [1.54, 1.807) is 13.8 Å². The number of ether oxygens (including phenoxy) is 1. The van der Waals surface area contributed by atoms with Gasteiger partial charge in [-0.25, -0.2) is 0 Å². The van der Waals surface area contributed by atoms with Crippen LogP contribution in [-0.4, -0.2) is 37.1 Å². The van der Waals surface area contributed by atoms with Gasteiger partial charge in [-0.15, -0.1) is 0 Å². The molecule has 0 bridgehead atoms. The summed E-state index contributed by atoms with van der Waals surface area (Å²) in [7, 11) is 1.53. The standard InChI is InChI=1S/C8H14N2O3/c1-8(2,13-3)6-7(12)10-5(11)4-9-6/h6,9H,4H2,1-3H3,(H,10,11,12). The van der Waals surface area contributed by atoms with Gasteiger partial charge < -0.3 is 4.74 Å². The van der Waals surface area contributed by atoms with Crippen molar-refractivity contribution in [1.29, 1.82) is 0 Å². The molecule has 1 unspecified atom stereocenters. The van der Waals surface area contributed by atoms with Crippen LogP contribution in [0, 0.1) is 0 Å². The molecule has 1 saturated heterocycles. The Hall–Kier alpha value is -0.940. The Morgan fingerprint density at radius 1 is 1.46 bits per heavy atom. The van der Waals surface area contributed by atoms with Crippen LogP contribution in [0.3, 0.4) is 0 Å². The Balaban J connectivity index is 2.71. The Kier molecular flexibility index (Phi) is 2.68. The number of hydrogen-bond acceptors (Lipinski definition) is 4. The van der Waals surface area contributed by atoms with Gasteiger partial charge in [0.05, 0.1) is 12.1 Å². The lowest BCUT2D eigenvalue weighted by Gasteiger charge is -2.34. The second kappa shape index (κ2) is 3.43. The van der Waals surface area contributed by atoms with Crippen LogP contribution in [0.2, 0.25) is 0 Å². The first kappa shape index (κ1) is 10.1. The lowest BCUT2D eigenvalue weighted by Crippen LogP contribution is -2.64. The third-order valence-electron chi connectivity index (χ3n) is 2.21. The molecule has 2 amide bonds. The second-order valence-electron chi connectivity index (χ2n) is 3.53. The van der Waals surface area contributed by atoms with Gasteiger partial charge in [0, 0.05) is 7.11 Å². The van der Waals surface area contributed by atoms with Crippen LogP contribution in [0.5, 0.6) is 0 Å². The smallest absolute Gasteiger partial charge is 0.246 e. The van der Waals surface area contributed by atoms with Crippen molar-refractivity contribution in [2.45, 2.75) is 25.5 Å². The van der Waals surface area contributed by atoms with E-state index in [4.69, 9.17) is 4.74 Å².